The number of nitrogens with two attached hydrogens (primary N) is 1. The number of pyridine rings is 1. The number of phenolic OH excluding ortho intramolecular Hbond substituents is 1. The summed E-state index contributed by atoms with van der Waals surface area (Å²) in [4.78, 5) is 28.7. The van der Waals surface area contributed by atoms with E-state index in [1.165, 1.54) is 11.2 Å². The van der Waals surface area contributed by atoms with E-state index in [1.807, 2.05) is 57.2 Å². The molecule has 9 nitrogen and oxygen atoms in total. The molecule has 3 N–H and O–H groups in total. The van der Waals surface area contributed by atoms with Gasteiger partial charge in [0, 0.05) is 23.0 Å². The van der Waals surface area contributed by atoms with Crippen LogP contribution >= 0.6 is 0 Å². The first-order valence-corrected chi connectivity index (χ1v) is 12.0. The molecule has 5 aromatic rings. The van der Waals surface area contributed by atoms with Gasteiger partial charge in [-0.05, 0) is 55.7 Å². The quantitative estimate of drug-likeness (QED) is 0.334. The highest BCUT2D eigenvalue weighted by molar-refractivity contribution is 6.09. The third kappa shape index (κ3) is 4.34. The van der Waals surface area contributed by atoms with Gasteiger partial charge in [0.25, 0.3) is 5.91 Å². The van der Waals surface area contributed by atoms with Gasteiger partial charge in [0.15, 0.2) is 5.65 Å². The molecule has 9 heteroatoms. The Hall–Kier alpha value is -5.05. The van der Waals surface area contributed by atoms with Crippen molar-refractivity contribution in [3.8, 4) is 17.0 Å². The highest BCUT2D eigenvalue weighted by atomic mass is 16.3. The number of allylic oxidation sites excluding steroid dienone is 1. The Bertz CT molecular complexity index is 1690. The maximum atomic E-state index is 14.1. The van der Waals surface area contributed by atoms with Crippen LogP contribution in [0.5, 0.6) is 5.75 Å². The van der Waals surface area contributed by atoms with Gasteiger partial charge in [-0.25, -0.2) is 19.6 Å². The molecule has 0 radical (unpaired) electrons. The molecule has 3 aromatic heterocycles. The number of amides is 1. The molecular formula is C29H27N7O2. The molecule has 0 atom stereocenters. The lowest BCUT2D eigenvalue weighted by Gasteiger charge is -2.26. The Labute approximate surface area is 219 Å². The van der Waals surface area contributed by atoms with Gasteiger partial charge in [0.1, 0.15) is 29.4 Å². The number of nitrogens with zero attached hydrogens (tertiary/aromatic N) is 6. The maximum absolute atomic E-state index is 14.1. The van der Waals surface area contributed by atoms with Crippen LogP contribution in [-0.4, -0.2) is 35.7 Å². The Kier molecular flexibility index (Phi) is 6.34. The third-order valence-electron chi connectivity index (χ3n) is 6.42. The first-order valence-electron chi connectivity index (χ1n) is 12.0. The number of hydrogen-bond donors (Lipinski definition) is 2. The van der Waals surface area contributed by atoms with E-state index >= 15 is 0 Å². The van der Waals surface area contributed by atoms with Crippen molar-refractivity contribution in [3.63, 3.8) is 0 Å². The number of nitrogen functional groups attached to an aromatic ring is 1. The Morgan fingerprint density at radius 1 is 1.00 bits per heavy atom. The van der Waals surface area contributed by atoms with Crippen LogP contribution < -0.4 is 10.6 Å². The highest BCUT2D eigenvalue weighted by Crippen LogP contribution is 2.33. The SMILES string of the molecule is C=C(Cn1nc(-c2cccc(O)c2)c2c(N)ncnc21)N(C(=O)c1c(C)cccc1C)c1ncccc1C. The molecule has 0 saturated heterocycles. The summed E-state index contributed by atoms with van der Waals surface area (Å²) in [5.74, 6) is 0.616. The van der Waals surface area contributed by atoms with Crippen molar-refractivity contribution in [1.29, 1.82) is 0 Å². The molecule has 0 spiro atoms. The van der Waals surface area contributed by atoms with Crippen LogP contribution in [0.1, 0.15) is 27.0 Å². The molecule has 190 valence electrons. The summed E-state index contributed by atoms with van der Waals surface area (Å²) >= 11 is 0. The smallest absolute Gasteiger partial charge is 0.264 e. The van der Waals surface area contributed by atoms with Crippen molar-refractivity contribution < 1.29 is 9.90 Å². The van der Waals surface area contributed by atoms with Gasteiger partial charge >= 0.3 is 0 Å². The van der Waals surface area contributed by atoms with Crippen LogP contribution in [0.25, 0.3) is 22.3 Å². The summed E-state index contributed by atoms with van der Waals surface area (Å²) in [6, 6.07) is 16.2. The van der Waals surface area contributed by atoms with E-state index in [0.717, 1.165) is 16.7 Å². The van der Waals surface area contributed by atoms with Crippen molar-refractivity contribution in [2.75, 3.05) is 10.6 Å². The maximum Gasteiger partial charge on any atom is 0.264 e. The number of aromatic nitrogens is 5. The molecule has 0 aliphatic rings. The number of anilines is 2. The predicted molar refractivity (Wildman–Crippen MR) is 148 cm³/mol. The van der Waals surface area contributed by atoms with Crippen LogP contribution in [0.15, 0.2) is 79.4 Å². The van der Waals surface area contributed by atoms with E-state index in [-0.39, 0.29) is 24.0 Å². The molecule has 0 saturated carbocycles. The fourth-order valence-electron chi connectivity index (χ4n) is 4.60. The Balaban J connectivity index is 1.63. The lowest BCUT2D eigenvalue weighted by atomic mass is 10.0. The van der Waals surface area contributed by atoms with Gasteiger partial charge < -0.3 is 10.8 Å². The van der Waals surface area contributed by atoms with E-state index in [4.69, 9.17) is 10.8 Å². The van der Waals surface area contributed by atoms with Gasteiger partial charge in [0.05, 0.1) is 11.9 Å². The summed E-state index contributed by atoms with van der Waals surface area (Å²) in [7, 11) is 0. The van der Waals surface area contributed by atoms with E-state index in [0.29, 0.717) is 39.4 Å². The molecule has 38 heavy (non-hydrogen) atoms. The summed E-state index contributed by atoms with van der Waals surface area (Å²) in [5, 5.41) is 15.4. The number of benzene rings is 2. The molecule has 0 bridgehead atoms. The third-order valence-corrected chi connectivity index (χ3v) is 6.42. The van der Waals surface area contributed by atoms with Crippen LogP contribution in [0.4, 0.5) is 11.6 Å². The van der Waals surface area contributed by atoms with Crippen LogP contribution in [0.3, 0.4) is 0 Å². The van der Waals surface area contributed by atoms with Gasteiger partial charge in [0.2, 0.25) is 0 Å². The Morgan fingerprint density at radius 2 is 1.71 bits per heavy atom. The average molecular weight is 506 g/mol. The largest absolute Gasteiger partial charge is 0.508 e. The molecular weight excluding hydrogens is 478 g/mol. The lowest BCUT2D eigenvalue weighted by Crippen LogP contribution is -2.34. The second-order valence-electron chi connectivity index (χ2n) is 9.13. The molecule has 0 aliphatic carbocycles. The highest BCUT2D eigenvalue weighted by Gasteiger charge is 2.27. The second kappa shape index (κ2) is 9.78. The number of hydrogen-bond acceptors (Lipinski definition) is 7. The molecule has 2 aromatic carbocycles. The van der Waals surface area contributed by atoms with Crippen LogP contribution in [0, 0.1) is 20.8 Å². The van der Waals surface area contributed by atoms with E-state index in [1.54, 1.807) is 29.1 Å². The van der Waals surface area contributed by atoms with Crippen LogP contribution in [0.2, 0.25) is 0 Å². The topological polar surface area (TPSA) is 123 Å². The van der Waals surface area contributed by atoms with E-state index < -0.39 is 0 Å². The van der Waals surface area contributed by atoms with Gasteiger partial charge in [-0.3, -0.25) is 9.69 Å². The van der Waals surface area contributed by atoms with Crippen LogP contribution in [-0.2, 0) is 6.54 Å². The first kappa shape index (κ1) is 24.6. The number of carbonyl (C=O) groups excluding carboxylic acids is 1. The van der Waals surface area contributed by atoms with Gasteiger partial charge in [-0.15, -0.1) is 0 Å². The molecule has 0 aliphatic heterocycles. The molecule has 1 amide bonds. The summed E-state index contributed by atoms with van der Waals surface area (Å²) in [5.41, 5.74) is 11.5. The van der Waals surface area contributed by atoms with Crippen molar-refractivity contribution in [3.05, 3.63) is 102 Å². The fraction of sp³-hybridized carbons (Fsp3) is 0.138. The van der Waals surface area contributed by atoms with Crippen molar-refractivity contribution in [2.24, 2.45) is 0 Å². The average Bonchev–Trinajstić information content (AvgIpc) is 3.25. The zero-order chi connectivity index (χ0) is 27.0. The van der Waals surface area contributed by atoms with Gasteiger partial charge in [-0.1, -0.05) is 43.0 Å². The number of carbonyl (C=O) groups is 1. The standard InChI is InChI=1S/C29H27N7O2/c1-17-8-5-9-18(2)23(17)29(38)36(27-19(3)10-7-13-31-27)20(4)15-35-28-24(26(30)32-16-33-28)25(34-35)21-11-6-12-22(37)14-21/h5-14,16,37H,4,15H2,1-3H3,(H2,30,32,33). The number of phenols is 1. The van der Waals surface area contributed by atoms with Crippen molar-refractivity contribution in [1.82, 2.24) is 24.7 Å². The number of rotatable bonds is 6. The normalized spacial score (nSPS) is 11.0. The lowest BCUT2D eigenvalue weighted by molar-refractivity contribution is 0.0991. The van der Waals surface area contributed by atoms with Crippen molar-refractivity contribution in [2.45, 2.75) is 27.3 Å². The Morgan fingerprint density at radius 3 is 2.42 bits per heavy atom. The summed E-state index contributed by atoms with van der Waals surface area (Å²) in [6.07, 6.45) is 3.02. The zero-order valence-corrected chi connectivity index (χ0v) is 21.4. The van der Waals surface area contributed by atoms with E-state index in [9.17, 15) is 9.90 Å². The predicted octanol–water partition coefficient (Wildman–Crippen LogP) is 4.96. The molecule has 3 heterocycles. The first-order chi connectivity index (χ1) is 18.3. The molecule has 5 rings (SSSR count). The zero-order valence-electron chi connectivity index (χ0n) is 21.4. The number of aromatic hydroxyl groups is 1. The monoisotopic (exact) mass is 505 g/mol. The van der Waals surface area contributed by atoms with E-state index in [2.05, 4.69) is 21.5 Å². The molecule has 0 unspecified atom stereocenters. The fourth-order valence-corrected chi connectivity index (χ4v) is 4.60. The minimum absolute atomic E-state index is 0.0982. The summed E-state index contributed by atoms with van der Waals surface area (Å²) < 4.78 is 1.64. The van der Waals surface area contributed by atoms with Crippen molar-refractivity contribution >= 4 is 28.6 Å². The summed E-state index contributed by atoms with van der Waals surface area (Å²) in [6.45, 7) is 10.1. The minimum Gasteiger partial charge on any atom is -0.508 e. The second-order valence-corrected chi connectivity index (χ2v) is 9.13. The number of aryl methyl sites for hydroxylation is 3. The molecule has 0 fully saturated rings. The van der Waals surface area contributed by atoms with Gasteiger partial charge in [-0.2, -0.15) is 5.10 Å². The number of fused-ring (bicyclic) bond motifs is 1. The minimum atomic E-state index is -0.230.